The maximum absolute atomic E-state index is 6.09. The Kier molecular flexibility index (Phi) is 5.51. The van der Waals surface area contributed by atoms with E-state index < -0.39 is 0 Å². The van der Waals surface area contributed by atoms with E-state index in [1.165, 1.54) is 24.0 Å². The van der Waals surface area contributed by atoms with Gasteiger partial charge in [0.2, 0.25) is 5.95 Å². The molecule has 0 radical (unpaired) electrons. The van der Waals surface area contributed by atoms with Crippen LogP contribution in [0, 0.1) is 0 Å². The monoisotopic (exact) mass is 452 g/mol. The second kappa shape index (κ2) is 8.95. The van der Waals surface area contributed by atoms with Gasteiger partial charge in [-0.2, -0.15) is 0 Å². The number of hydrogen-bond acceptors (Lipinski definition) is 6. The van der Waals surface area contributed by atoms with Crippen molar-refractivity contribution in [3.63, 3.8) is 0 Å². The molecule has 0 unspecified atom stereocenters. The number of methoxy groups -OCH3 is 1. The first-order valence-corrected chi connectivity index (χ1v) is 12.0. The third-order valence-corrected chi connectivity index (χ3v) is 6.93. The SMILES string of the molecule is COc1ccccc1-c1cccc2cnc(Nc3ccc(C4CCNCC4)c4c3OCC4)nc12. The molecule has 0 aliphatic carbocycles. The maximum Gasteiger partial charge on any atom is 0.227 e. The lowest BCUT2D eigenvalue weighted by molar-refractivity contribution is 0.358. The van der Waals surface area contributed by atoms with Crippen molar-refractivity contribution in [2.24, 2.45) is 0 Å². The average Bonchev–Trinajstić information content (AvgIpc) is 3.40. The molecule has 2 N–H and O–H groups in total. The summed E-state index contributed by atoms with van der Waals surface area (Å²) in [6, 6.07) is 18.6. The molecule has 2 aliphatic rings. The van der Waals surface area contributed by atoms with Crippen LogP contribution in [0.2, 0.25) is 0 Å². The molecule has 6 heteroatoms. The number of piperidine rings is 1. The fourth-order valence-corrected chi connectivity index (χ4v) is 5.26. The number of fused-ring (bicyclic) bond motifs is 2. The number of rotatable bonds is 5. The number of aromatic nitrogens is 2. The van der Waals surface area contributed by atoms with Gasteiger partial charge in [-0.05, 0) is 49.5 Å². The number of anilines is 2. The predicted octanol–water partition coefficient (Wildman–Crippen LogP) is 5.45. The number of nitrogens with zero attached hydrogens (tertiary/aromatic N) is 2. The van der Waals surface area contributed by atoms with Gasteiger partial charge in [-0.1, -0.05) is 42.5 Å². The van der Waals surface area contributed by atoms with Crippen molar-refractivity contribution in [1.29, 1.82) is 0 Å². The quantitative estimate of drug-likeness (QED) is 0.420. The van der Waals surface area contributed by atoms with Crippen molar-refractivity contribution < 1.29 is 9.47 Å². The average molecular weight is 453 g/mol. The Morgan fingerprint density at radius 1 is 1.00 bits per heavy atom. The maximum atomic E-state index is 6.09. The molecule has 3 heterocycles. The van der Waals surface area contributed by atoms with Crippen molar-refractivity contribution in [3.8, 4) is 22.6 Å². The lowest BCUT2D eigenvalue weighted by Crippen LogP contribution is -2.27. The van der Waals surface area contributed by atoms with E-state index in [1.807, 2.05) is 36.5 Å². The van der Waals surface area contributed by atoms with E-state index in [0.29, 0.717) is 11.9 Å². The molecule has 2 aliphatic heterocycles. The second-order valence-electron chi connectivity index (χ2n) is 8.90. The fraction of sp³-hybridized carbons (Fsp3) is 0.286. The zero-order valence-electron chi connectivity index (χ0n) is 19.3. The van der Waals surface area contributed by atoms with Crippen molar-refractivity contribution in [2.75, 3.05) is 32.1 Å². The second-order valence-corrected chi connectivity index (χ2v) is 8.90. The highest BCUT2D eigenvalue weighted by molar-refractivity contribution is 5.95. The van der Waals surface area contributed by atoms with Crippen molar-refractivity contribution in [2.45, 2.75) is 25.2 Å². The molecular formula is C28H28N4O2. The van der Waals surface area contributed by atoms with Gasteiger partial charge >= 0.3 is 0 Å². The molecule has 1 fully saturated rings. The molecule has 6 rings (SSSR count). The van der Waals surface area contributed by atoms with Crippen molar-refractivity contribution in [3.05, 3.63) is 71.9 Å². The van der Waals surface area contributed by atoms with Gasteiger partial charge in [0, 0.05) is 34.7 Å². The van der Waals surface area contributed by atoms with Crippen LogP contribution in [0.4, 0.5) is 11.6 Å². The van der Waals surface area contributed by atoms with Crippen LogP contribution in [-0.2, 0) is 6.42 Å². The van der Waals surface area contributed by atoms with Crippen LogP contribution in [0.25, 0.3) is 22.0 Å². The summed E-state index contributed by atoms with van der Waals surface area (Å²) in [5.41, 5.74) is 6.62. The number of benzene rings is 3. The normalized spacial score (nSPS) is 15.7. The van der Waals surface area contributed by atoms with Gasteiger partial charge in [-0.3, -0.25) is 0 Å². The largest absolute Gasteiger partial charge is 0.496 e. The third kappa shape index (κ3) is 3.74. The first-order valence-electron chi connectivity index (χ1n) is 12.0. The molecule has 3 aromatic carbocycles. The first kappa shape index (κ1) is 20.9. The summed E-state index contributed by atoms with van der Waals surface area (Å²) in [6.45, 7) is 2.89. The van der Waals surface area contributed by atoms with Gasteiger partial charge in [0.05, 0.1) is 24.9 Å². The summed E-state index contributed by atoms with van der Waals surface area (Å²) in [6.07, 6.45) is 5.19. The highest BCUT2D eigenvalue weighted by atomic mass is 16.5. The number of nitrogens with one attached hydrogen (secondary N) is 2. The van der Waals surface area contributed by atoms with E-state index in [1.54, 1.807) is 7.11 Å². The van der Waals surface area contributed by atoms with Gasteiger partial charge in [0.15, 0.2) is 0 Å². The molecule has 0 atom stereocenters. The zero-order chi connectivity index (χ0) is 22.9. The summed E-state index contributed by atoms with van der Waals surface area (Å²) in [5, 5.41) is 7.89. The Balaban J connectivity index is 1.38. The van der Waals surface area contributed by atoms with Crippen LogP contribution < -0.4 is 20.1 Å². The van der Waals surface area contributed by atoms with Crippen molar-refractivity contribution in [1.82, 2.24) is 15.3 Å². The van der Waals surface area contributed by atoms with Gasteiger partial charge < -0.3 is 20.1 Å². The Bertz CT molecular complexity index is 1350. The molecule has 4 aromatic rings. The first-order chi connectivity index (χ1) is 16.8. The highest BCUT2D eigenvalue weighted by Crippen LogP contribution is 2.42. The molecule has 0 spiro atoms. The molecule has 0 bridgehead atoms. The van der Waals surface area contributed by atoms with E-state index in [0.717, 1.165) is 65.3 Å². The van der Waals surface area contributed by atoms with Crippen LogP contribution in [0.3, 0.4) is 0 Å². The predicted molar refractivity (Wildman–Crippen MR) is 135 cm³/mol. The topological polar surface area (TPSA) is 68.3 Å². The fourth-order valence-electron chi connectivity index (χ4n) is 5.26. The van der Waals surface area contributed by atoms with E-state index in [2.05, 4.69) is 39.9 Å². The Hall–Kier alpha value is -3.64. The molecule has 0 amide bonds. The van der Waals surface area contributed by atoms with Crippen LogP contribution in [0.5, 0.6) is 11.5 Å². The van der Waals surface area contributed by atoms with E-state index in [9.17, 15) is 0 Å². The smallest absolute Gasteiger partial charge is 0.227 e. The lowest BCUT2D eigenvalue weighted by Gasteiger charge is -2.25. The van der Waals surface area contributed by atoms with Gasteiger partial charge in [0.25, 0.3) is 0 Å². The third-order valence-electron chi connectivity index (χ3n) is 6.93. The lowest BCUT2D eigenvalue weighted by atomic mass is 9.86. The Morgan fingerprint density at radius 3 is 2.74 bits per heavy atom. The molecular weight excluding hydrogens is 424 g/mol. The Labute approximate surface area is 199 Å². The standard InChI is InChI=1S/C28H28N4O2/c1-33-25-8-3-2-6-21(25)22-7-4-5-19-17-30-28(32-26(19)22)31-24-10-9-20(18-11-14-29-15-12-18)23-13-16-34-27(23)24/h2-10,17-18,29H,11-16H2,1H3,(H,30,31,32). The Morgan fingerprint density at radius 2 is 1.85 bits per heavy atom. The minimum Gasteiger partial charge on any atom is -0.496 e. The highest BCUT2D eigenvalue weighted by Gasteiger charge is 2.26. The van der Waals surface area contributed by atoms with Gasteiger partial charge in [-0.25, -0.2) is 9.97 Å². The molecule has 0 saturated carbocycles. The van der Waals surface area contributed by atoms with Gasteiger partial charge in [0.1, 0.15) is 11.5 Å². The summed E-state index contributed by atoms with van der Waals surface area (Å²) in [7, 11) is 1.69. The molecule has 1 saturated heterocycles. The van der Waals surface area contributed by atoms with Crippen LogP contribution in [0.15, 0.2) is 60.8 Å². The van der Waals surface area contributed by atoms with Crippen molar-refractivity contribution >= 4 is 22.5 Å². The minimum absolute atomic E-state index is 0.558. The number of hydrogen-bond donors (Lipinski definition) is 2. The van der Waals surface area contributed by atoms with Crippen LogP contribution in [-0.4, -0.2) is 36.8 Å². The molecule has 1 aromatic heterocycles. The van der Waals surface area contributed by atoms with E-state index >= 15 is 0 Å². The summed E-state index contributed by atoms with van der Waals surface area (Å²) < 4.78 is 11.7. The summed E-state index contributed by atoms with van der Waals surface area (Å²) >= 11 is 0. The minimum atomic E-state index is 0.558. The zero-order valence-corrected chi connectivity index (χ0v) is 19.3. The van der Waals surface area contributed by atoms with E-state index in [4.69, 9.17) is 14.5 Å². The molecule has 6 nitrogen and oxygen atoms in total. The van der Waals surface area contributed by atoms with Gasteiger partial charge in [-0.15, -0.1) is 0 Å². The van der Waals surface area contributed by atoms with E-state index in [-0.39, 0.29) is 0 Å². The van der Waals surface area contributed by atoms with Crippen LogP contribution in [0.1, 0.15) is 29.9 Å². The number of ether oxygens (including phenoxy) is 2. The van der Waals surface area contributed by atoms with Crippen LogP contribution >= 0.6 is 0 Å². The number of para-hydroxylation sites is 2. The summed E-state index contributed by atoms with van der Waals surface area (Å²) in [4.78, 5) is 9.52. The summed E-state index contributed by atoms with van der Waals surface area (Å²) in [5.74, 6) is 2.94. The molecule has 172 valence electrons. The molecule has 34 heavy (non-hydrogen) atoms.